The molecule has 0 aliphatic carbocycles. The van der Waals surface area contributed by atoms with E-state index >= 15 is 0 Å². The van der Waals surface area contributed by atoms with E-state index < -0.39 is 11.9 Å². The van der Waals surface area contributed by atoms with Crippen LogP contribution in [0.4, 0.5) is 19.3 Å². The molecule has 0 spiro atoms. The summed E-state index contributed by atoms with van der Waals surface area (Å²) in [4.78, 5) is 19.3. The maximum atomic E-state index is 14.1. The van der Waals surface area contributed by atoms with Gasteiger partial charge in [0.25, 0.3) is 5.89 Å². The summed E-state index contributed by atoms with van der Waals surface area (Å²) in [5.41, 5.74) is 4.04. The average molecular weight is 472 g/mol. The zero-order chi connectivity index (χ0) is 24.5. The third kappa shape index (κ3) is 4.30. The summed E-state index contributed by atoms with van der Waals surface area (Å²) in [6.45, 7) is 3.85. The molecular weight excluding hydrogens is 450 g/mol. The molecule has 1 atom stereocenters. The Morgan fingerprint density at radius 2 is 1.74 bits per heavy atom. The molecule has 1 aliphatic rings. The second-order valence-electron chi connectivity index (χ2n) is 8.22. The molecule has 1 aromatic heterocycles. The van der Waals surface area contributed by atoms with Crippen molar-refractivity contribution in [1.82, 2.24) is 15.5 Å². The van der Waals surface area contributed by atoms with Crippen molar-refractivity contribution in [2.45, 2.75) is 26.3 Å². The molecule has 0 bridgehead atoms. The zero-order valence-electron chi connectivity index (χ0n) is 19.1. The lowest BCUT2D eigenvalue weighted by molar-refractivity contribution is 0.244. The van der Waals surface area contributed by atoms with Gasteiger partial charge in [0.2, 0.25) is 5.82 Å². The summed E-state index contributed by atoms with van der Waals surface area (Å²) in [7, 11) is 0. The second-order valence-corrected chi connectivity index (χ2v) is 8.22. The third-order valence-corrected chi connectivity index (χ3v) is 6.03. The Labute approximate surface area is 200 Å². The van der Waals surface area contributed by atoms with Gasteiger partial charge in [0.15, 0.2) is 0 Å². The number of benzene rings is 3. The minimum atomic E-state index is -0.717. The number of carbonyl (C=O) groups excluding carboxylic acids is 1. The monoisotopic (exact) mass is 472 g/mol. The lowest BCUT2D eigenvalue weighted by Gasteiger charge is -2.35. The van der Waals surface area contributed by atoms with Crippen LogP contribution in [-0.2, 0) is 6.42 Å². The Morgan fingerprint density at radius 3 is 2.43 bits per heavy atom. The molecule has 5 rings (SSSR count). The number of carbonyl (C=O) groups is 1. The number of rotatable bonds is 5. The lowest BCUT2D eigenvalue weighted by atomic mass is 9.94. The number of halogens is 2. The average Bonchev–Trinajstić information content (AvgIpc) is 3.34. The predicted molar refractivity (Wildman–Crippen MR) is 128 cm³/mol. The summed E-state index contributed by atoms with van der Waals surface area (Å²) in [5, 5.41) is 7.02. The molecule has 1 unspecified atom stereocenters. The van der Waals surface area contributed by atoms with Gasteiger partial charge in [-0.2, -0.15) is 4.98 Å². The van der Waals surface area contributed by atoms with Crippen molar-refractivity contribution >= 4 is 17.3 Å². The van der Waals surface area contributed by atoms with E-state index in [4.69, 9.17) is 4.52 Å². The van der Waals surface area contributed by atoms with Crippen LogP contribution >= 0.6 is 0 Å². The summed E-state index contributed by atoms with van der Waals surface area (Å²) < 4.78 is 33.1. The van der Waals surface area contributed by atoms with Gasteiger partial charge in [-0.15, -0.1) is 0 Å². The molecule has 4 aromatic rings. The summed E-state index contributed by atoms with van der Waals surface area (Å²) in [5.74, 6) is -0.355. The number of aryl methyl sites for hydroxylation is 1. The lowest BCUT2D eigenvalue weighted by Crippen LogP contribution is -2.46. The summed E-state index contributed by atoms with van der Waals surface area (Å²) >= 11 is 0. The minimum absolute atomic E-state index is 0.172. The first-order valence-electron chi connectivity index (χ1n) is 11.2. The number of nitrogens with zero attached hydrogens (tertiary/aromatic N) is 3. The highest BCUT2D eigenvalue weighted by Crippen LogP contribution is 2.39. The first-order valence-corrected chi connectivity index (χ1v) is 11.2. The molecule has 8 heteroatoms. The maximum absolute atomic E-state index is 14.1. The molecule has 6 nitrogen and oxygen atoms in total. The van der Waals surface area contributed by atoms with Gasteiger partial charge in [0.1, 0.15) is 11.6 Å². The first kappa shape index (κ1) is 22.5. The predicted octanol–water partition coefficient (Wildman–Crippen LogP) is 6.28. The number of amides is 2. The van der Waals surface area contributed by atoms with Crippen molar-refractivity contribution in [1.29, 1.82) is 0 Å². The summed E-state index contributed by atoms with van der Waals surface area (Å²) in [6.07, 6.45) is 0.877. The Bertz CT molecular complexity index is 1410. The van der Waals surface area contributed by atoms with E-state index in [1.54, 1.807) is 31.2 Å². The third-order valence-electron chi connectivity index (χ3n) is 6.03. The van der Waals surface area contributed by atoms with Gasteiger partial charge in [0, 0.05) is 11.3 Å². The molecule has 0 radical (unpaired) electrons. The van der Waals surface area contributed by atoms with E-state index in [9.17, 15) is 13.6 Å². The van der Waals surface area contributed by atoms with Crippen LogP contribution in [0.15, 0.2) is 83.0 Å². The fourth-order valence-corrected chi connectivity index (χ4v) is 4.20. The fourth-order valence-electron chi connectivity index (χ4n) is 4.20. The molecule has 0 saturated heterocycles. The van der Waals surface area contributed by atoms with Crippen LogP contribution in [0.1, 0.15) is 36.9 Å². The summed E-state index contributed by atoms with van der Waals surface area (Å²) in [6, 6.07) is 18.4. The van der Waals surface area contributed by atoms with Gasteiger partial charge in [-0.25, -0.2) is 13.6 Å². The zero-order valence-corrected chi connectivity index (χ0v) is 19.1. The van der Waals surface area contributed by atoms with E-state index in [0.29, 0.717) is 28.1 Å². The van der Waals surface area contributed by atoms with E-state index in [1.807, 2.05) is 24.3 Å². The van der Waals surface area contributed by atoms with Crippen LogP contribution in [-0.4, -0.2) is 16.2 Å². The molecule has 0 fully saturated rings. The van der Waals surface area contributed by atoms with Gasteiger partial charge in [-0.05, 0) is 73.0 Å². The number of anilines is 1. The highest BCUT2D eigenvalue weighted by molar-refractivity contribution is 6.01. The highest BCUT2D eigenvalue weighted by atomic mass is 19.1. The smallest absolute Gasteiger partial charge is 0.326 e. The Kier molecular flexibility index (Phi) is 5.86. The van der Waals surface area contributed by atoms with Gasteiger partial charge in [-0.1, -0.05) is 36.3 Å². The molecule has 2 heterocycles. The molecule has 1 N–H and O–H groups in total. The van der Waals surface area contributed by atoms with Gasteiger partial charge in [0.05, 0.1) is 17.3 Å². The number of nitrogens with one attached hydrogen (secondary N) is 1. The molecule has 176 valence electrons. The number of urea groups is 1. The van der Waals surface area contributed by atoms with Crippen LogP contribution in [0, 0.1) is 11.6 Å². The Balaban J connectivity index is 1.64. The van der Waals surface area contributed by atoms with Crippen molar-refractivity contribution in [2.75, 3.05) is 4.90 Å². The fraction of sp³-hybridized carbons (Fsp3) is 0.148. The largest absolute Gasteiger partial charge is 0.334 e. The van der Waals surface area contributed by atoms with Crippen molar-refractivity contribution < 1.29 is 18.1 Å². The SMILES string of the molecule is CCc1ccc(N2C(=O)NC(c3cccc(F)c3)C(c3nc(-c4ccc(F)cc4)no3)=C2C)cc1. The van der Waals surface area contributed by atoms with E-state index in [-0.39, 0.29) is 23.6 Å². The molecule has 1 aliphatic heterocycles. The quantitative estimate of drug-likeness (QED) is 0.371. The Hall–Kier alpha value is -4.33. The van der Waals surface area contributed by atoms with Gasteiger partial charge >= 0.3 is 6.03 Å². The molecule has 2 amide bonds. The standard InChI is InChI=1S/C27H22F2N4O2/c1-3-17-7-13-22(14-8-17)33-16(2)23(24(30-27(33)34)19-5-4-6-21(29)15-19)26-31-25(32-35-26)18-9-11-20(28)12-10-18/h4-15,24H,3H2,1-2H3,(H,30,34). The van der Waals surface area contributed by atoms with Crippen LogP contribution in [0.5, 0.6) is 0 Å². The molecule has 0 saturated carbocycles. The minimum Gasteiger partial charge on any atom is -0.334 e. The first-order chi connectivity index (χ1) is 16.9. The number of aromatic nitrogens is 2. The van der Waals surface area contributed by atoms with Crippen molar-refractivity contribution in [3.63, 3.8) is 0 Å². The topological polar surface area (TPSA) is 71.3 Å². The van der Waals surface area contributed by atoms with E-state index in [1.165, 1.54) is 29.2 Å². The Morgan fingerprint density at radius 1 is 1.00 bits per heavy atom. The van der Waals surface area contributed by atoms with Crippen molar-refractivity contribution in [3.05, 3.63) is 107 Å². The molecule has 35 heavy (non-hydrogen) atoms. The van der Waals surface area contributed by atoms with Gasteiger partial charge in [-0.3, -0.25) is 4.90 Å². The number of hydrogen-bond acceptors (Lipinski definition) is 4. The van der Waals surface area contributed by atoms with Gasteiger partial charge < -0.3 is 9.84 Å². The number of allylic oxidation sites excluding steroid dienone is 1. The van der Waals surface area contributed by atoms with Crippen LogP contribution in [0.3, 0.4) is 0 Å². The number of hydrogen-bond donors (Lipinski definition) is 1. The van der Waals surface area contributed by atoms with Crippen molar-refractivity contribution in [3.8, 4) is 11.4 Å². The highest BCUT2D eigenvalue weighted by Gasteiger charge is 2.36. The molecular formula is C27H22F2N4O2. The van der Waals surface area contributed by atoms with E-state index in [2.05, 4.69) is 22.4 Å². The van der Waals surface area contributed by atoms with Crippen LogP contribution < -0.4 is 10.2 Å². The maximum Gasteiger partial charge on any atom is 0.326 e. The van der Waals surface area contributed by atoms with Crippen LogP contribution in [0.2, 0.25) is 0 Å². The van der Waals surface area contributed by atoms with Crippen LogP contribution in [0.25, 0.3) is 17.0 Å². The second kappa shape index (κ2) is 9.13. The van der Waals surface area contributed by atoms with Crippen molar-refractivity contribution in [2.24, 2.45) is 0 Å². The molecule has 3 aromatic carbocycles. The van der Waals surface area contributed by atoms with E-state index in [0.717, 1.165) is 12.0 Å². The normalized spacial score (nSPS) is 15.9.